The van der Waals surface area contributed by atoms with Crippen molar-refractivity contribution in [2.24, 2.45) is 0 Å². The molecule has 3 aromatic carbocycles. The van der Waals surface area contributed by atoms with E-state index in [2.05, 4.69) is 10.3 Å². The number of carbonyl (C=O) groups is 1. The van der Waals surface area contributed by atoms with Gasteiger partial charge in [0.15, 0.2) is 0 Å². The summed E-state index contributed by atoms with van der Waals surface area (Å²) in [7, 11) is 0. The molecule has 0 aliphatic carbocycles. The number of aromatic nitrogens is 2. The van der Waals surface area contributed by atoms with E-state index in [0.717, 1.165) is 11.1 Å². The molecule has 0 saturated carbocycles. The molecule has 29 heavy (non-hydrogen) atoms. The Labute approximate surface area is 168 Å². The summed E-state index contributed by atoms with van der Waals surface area (Å²) in [5, 5.41) is 3.50. The molecule has 1 aromatic heterocycles. The number of nitrogens with zero attached hydrogens (tertiary/aromatic N) is 2. The summed E-state index contributed by atoms with van der Waals surface area (Å²) < 4.78 is 1.60. The smallest absolute Gasteiger partial charge is 0.265 e. The van der Waals surface area contributed by atoms with Gasteiger partial charge < -0.3 is 5.32 Å². The molecule has 0 aliphatic rings. The van der Waals surface area contributed by atoms with E-state index in [1.807, 2.05) is 75.4 Å². The van der Waals surface area contributed by atoms with Crippen molar-refractivity contribution < 1.29 is 4.79 Å². The number of aryl methyl sites for hydroxylation is 3. The second-order valence-electron chi connectivity index (χ2n) is 7.09. The van der Waals surface area contributed by atoms with Crippen LogP contribution in [0.1, 0.15) is 27.3 Å². The topological polar surface area (TPSA) is 64.0 Å². The van der Waals surface area contributed by atoms with Crippen molar-refractivity contribution in [3.05, 3.63) is 99.6 Å². The quantitative estimate of drug-likeness (QED) is 0.564. The van der Waals surface area contributed by atoms with Crippen LogP contribution < -0.4 is 10.9 Å². The number of anilines is 1. The molecule has 1 heterocycles. The number of carbonyl (C=O) groups excluding carboxylic acids is 1. The summed E-state index contributed by atoms with van der Waals surface area (Å²) in [6.07, 6.45) is 0. The van der Waals surface area contributed by atoms with Crippen LogP contribution in [0.15, 0.2) is 71.5 Å². The summed E-state index contributed by atoms with van der Waals surface area (Å²) >= 11 is 0. The van der Waals surface area contributed by atoms with Crippen molar-refractivity contribution in [3.8, 4) is 5.69 Å². The third-order valence-corrected chi connectivity index (χ3v) is 5.04. The Morgan fingerprint density at radius 3 is 2.41 bits per heavy atom. The highest BCUT2D eigenvalue weighted by Gasteiger charge is 2.14. The van der Waals surface area contributed by atoms with E-state index < -0.39 is 0 Å². The van der Waals surface area contributed by atoms with Crippen molar-refractivity contribution in [1.82, 2.24) is 9.55 Å². The predicted octanol–water partition coefficient (Wildman–Crippen LogP) is 4.56. The van der Waals surface area contributed by atoms with Crippen molar-refractivity contribution in [2.75, 3.05) is 5.32 Å². The number of amides is 1. The maximum atomic E-state index is 13.1. The molecule has 0 radical (unpaired) electrons. The van der Waals surface area contributed by atoms with Crippen molar-refractivity contribution >= 4 is 22.5 Å². The number of hydrogen-bond acceptors (Lipinski definition) is 3. The second-order valence-corrected chi connectivity index (χ2v) is 7.09. The Kier molecular flexibility index (Phi) is 4.72. The van der Waals surface area contributed by atoms with Gasteiger partial charge >= 0.3 is 0 Å². The largest absolute Gasteiger partial charge is 0.322 e. The van der Waals surface area contributed by atoms with Gasteiger partial charge in [0.05, 0.1) is 16.6 Å². The fraction of sp³-hybridized carbons (Fsp3) is 0.125. The molecule has 4 rings (SSSR count). The molecule has 144 valence electrons. The van der Waals surface area contributed by atoms with Crippen LogP contribution in [0.5, 0.6) is 0 Å². The number of rotatable bonds is 3. The number of para-hydroxylation sites is 1. The zero-order valence-corrected chi connectivity index (χ0v) is 16.6. The highest BCUT2D eigenvalue weighted by atomic mass is 16.1. The van der Waals surface area contributed by atoms with Gasteiger partial charge in [0.25, 0.3) is 11.5 Å². The van der Waals surface area contributed by atoms with Crippen LogP contribution >= 0.6 is 0 Å². The maximum absolute atomic E-state index is 13.1. The van der Waals surface area contributed by atoms with Crippen LogP contribution in [0.2, 0.25) is 0 Å². The van der Waals surface area contributed by atoms with E-state index in [0.29, 0.717) is 33.7 Å². The van der Waals surface area contributed by atoms with Gasteiger partial charge in [-0.15, -0.1) is 0 Å². The molecule has 0 saturated heterocycles. The molecule has 1 amide bonds. The highest BCUT2D eigenvalue weighted by molar-refractivity contribution is 6.05. The Balaban J connectivity index is 1.79. The first-order valence-electron chi connectivity index (χ1n) is 9.42. The third kappa shape index (κ3) is 3.43. The van der Waals surface area contributed by atoms with Gasteiger partial charge in [0.1, 0.15) is 5.82 Å². The van der Waals surface area contributed by atoms with Crippen molar-refractivity contribution in [1.29, 1.82) is 0 Å². The van der Waals surface area contributed by atoms with Gasteiger partial charge in [-0.1, -0.05) is 36.4 Å². The van der Waals surface area contributed by atoms with E-state index >= 15 is 0 Å². The van der Waals surface area contributed by atoms with Crippen LogP contribution in [0.25, 0.3) is 16.6 Å². The van der Waals surface area contributed by atoms with Gasteiger partial charge in [0.2, 0.25) is 0 Å². The van der Waals surface area contributed by atoms with Gasteiger partial charge in [-0.25, -0.2) is 4.98 Å². The minimum Gasteiger partial charge on any atom is -0.322 e. The summed E-state index contributed by atoms with van der Waals surface area (Å²) in [5.41, 5.74) is 4.32. The first kappa shape index (κ1) is 18.6. The molecule has 0 bridgehead atoms. The van der Waals surface area contributed by atoms with Gasteiger partial charge in [0, 0.05) is 11.3 Å². The van der Waals surface area contributed by atoms with E-state index in [1.54, 1.807) is 16.7 Å². The Hall–Kier alpha value is -3.73. The average molecular weight is 383 g/mol. The standard InChI is InChI=1S/C24H21N3O2/c1-15-8-4-5-9-19(15)23(28)26-18-13-12-16(2)22(14-18)27-17(3)25-21-11-7-6-10-20(21)24(27)29/h4-14H,1-3H3,(H,26,28). The Bertz CT molecular complexity index is 1310. The van der Waals surface area contributed by atoms with Gasteiger partial charge in [-0.2, -0.15) is 0 Å². The SMILES string of the molecule is Cc1ccccc1C(=O)Nc1ccc(C)c(-n2c(C)nc3ccccc3c2=O)c1. The molecular weight excluding hydrogens is 362 g/mol. The lowest BCUT2D eigenvalue weighted by molar-refractivity contribution is 0.102. The van der Waals surface area contributed by atoms with E-state index in [4.69, 9.17) is 0 Å². The van der Waals surface area contributed by atoms with Crippen molar-refractivity contribution in [2.45, 2.75) is 20.8 Å². The lowest BCUT2D eigenvalue weighted by Crippen LogP contribution is -2.23. The first-order valence-corrected chi connectivity index (χ1v) is 9.42. The highest BCUT2D eigenvalue weighted by Crippen LogP contribution is 2.21. The van der Waals surface area contributed by atoms with Crippen molar-refractivity contribution in [3.63, 3.8) is 0 Å². The number of fused-ring (bicyclic) bond motifs is 1. The van der Waals surface area contributed by atoms with Gasteiger partial charge in [-0.05, 0) is 62.2 Å². The summed E-state index contributed by atoms with van der Waals surface area (Å²) in [4.78, 5) is 30.4. The van der Waals surface area contributed by atoms with Crippen LogP contribution in [0.3, 0.4) is 0 Å². The summed E-state index contributed by atoms with van der Waals surface area (Å²) in [6.45, 7) is 5.65. The molecule has 1 N–H and O–H groups in total. The molecule has 0 fully saturated rings. The van der Waals surface area contributed by atoms with Crippen LogP contribution in [0, 0.1) is 20.8 Å². The van der Waals surface area contributed by atoms with E-state index in [-0.39, 0.29) is 11.5 Å². The van der Waals surface area contributed by atoms with E-state index in [1.165, 1.54) is 0 Å². The average Bonchev–Trinajstić information content (AvgIpc) is 2.70. The minimum absolute atomic E-state index is 0.126. The zero-order chi connectivity index (χ0) is 20.5. The molecule has 0 atom stereocenters. The lowest BCUT2D eigenvalue weighted by atomic mass is 10.1. The fourth-order valence-corrected chi connectivity index (χ4v) is 3.48. The molecule has 0 unspecified atom stereocenters. The third-order valence-electron chi connectivity index (χ3n) is 5.04. The minimum atomic E-state index is -0.182. The molecule has 5 nitrogen and oxygen atoms in total. The normalized spacial score (nSPS) is 10.9. The van der Waals surface area contributed by atoms with Crippen LogP contribution in [-0.4, -0.2) is 15.5 Å². The van der Waals surface area contributed by atoms with Gasteiger partial charge in [-0.3, -0.25) is 14.2 Å². The Morgan fingerprint density at radius 2 is 1.62 bits per heavy atom. The maximum Gasteiger partial charge on any atom is 0.265 e. The summed E-state index contributed by atoms with van der Waals surface area (Å²) in [5.74, 6) is 0.415. The first-order chi connectivity index (χ1) is 14.0. The predicted molar refractivity (Wildman–Crippen MR) is 116 cm³/mol. The number of benzene rings is 3. The number of nitrogens with one attached hydrogen (secondary N) is 1. The molecular formula is C24H21N3O2. The fourth-order valence-electron chi connectivity index (χ4n) is 3.48. The molecule has 0 aliphatic heterocycles. The molecule has 5 heteroatoms. The summed E-state index contributed by atoms with van der Waals surface area (Å²) in [6, 6.07) is 20.3. The lowest BCUT2D eigenvalue weighted by Gasteiger charge is -2.15. The number of hydrogen-bond donors (Lipinski definition) is 1. The Morgan fingerprint density at radius 1 is 0.897 bits per heavy atom. The van der Waals surface area contributed by atoms with Crippen LogP contribution in [-0.2, 0) is 0 Å². The van der Waals surface area contributed by atoms with E-state index in [9.17, 15) is 9.59 Å². The monoisotopic (exact) mass is 383 g/mol. The van der Waals surface area contributed by atoms with Crippen LogP contribution in [0.4, 0.5) is 5.69 Å². The molecule has 4 aromatic rings. The molecule has 0 spiro atoms. The second kappa shape index (κ2) is 7.36. The zero-order valence-electron chi connectivity index (χ0n) is 16.6.